The van der Waals surface area contributed by atoms with Crippen LogP contribution in [0.4, 0.5) is 0 Å². The number of ether oxygens (including phenoxy) is 2. The Morgan fingerprint density at radius 3 is 2.38 bits per heavy atom. The second-order valence-corrected chi connectivity index (χ2v) is 7.09. The molecule has 134 valence electrons. The normalized spacial score (nSPS) is 10.6. The maximum atomic E-state index is 9.63. The van der Waals surface area contributed by atoms with Gasteiger partial charge in [-0.15, -0.1) is 0 Å². The second-order valence-electron chi connectivity index (χ2n) is 5.36. The van der Waals surface area contributed by atoms with Gasteiger partial charge in [0.05, 0.1) is 22.8 Å². The van der Waals surface area contributed by atoms with Crippen LogP contribution in [0.15, 0.2) is 59.2 Å². The summed E-state index contributed by atoms with van der Waals surface area (Å²) in [5.41, 5.74) is 1.57. The molecule has 0 aliphatic heterocycles. The molecule has 26 heavy (non-hydrogen) atoms. The number of rotatable bonds is 6. The van der Waals surface area contributed by atoms with Gasteiger partial charge in [0.25, 0.3) is 0 Å². The van der Waals surface area contributed by atoms with Crippen LogP contribution < -0.4 is 9.47 Å². The van der Waals surface area contributed by atoms with Crippen molar-refractivity contribution in [3.63, 3.8) is 0 Å². The van der Waals surface area contributed by atoms with Gasteiger partial charge in [-0.3, -0.25) is 0 Å². The summed E-state index contributed by atoms with van der Waals surface area (Å²) < 4.78 is 12.2. The number of aromatic nitrogens is 1. The third-order valence-corrected chi connectivity index (χ3v) is 4.52. The Balaban J connectivity index is 1.78. The van der Waals surface area contributed by atoms with Crippen molar-refractivity contribution in [3.8, 4) is 17.4 Å². The average molecular weight is 455 g/mol. The third kappa shape index (κ3) is 4.68. The Morgan fingerprint density at radius 1 is 1.04 bits per heavy atom. The van der Waals surface area contributed by atoms with Gasteiger partial charge in [0.2, 0.25) is 5.88 Å². The first kappa shape index (κ1) is 19.0. The standard InChI is InChI=1S/C19H14BrCl2NO3/c20-14-7-15(21)19(16(22)8-14)26-18-6-13(10-24)17(9-23-18)25-11-12-4-2-1-3-5-12/h1-9,24H,10-11H2. The predicted octanol–water partition coefficient (Wildman–Crippen LogP) is 6.01. The van der Waals surface area contributed by atoms with Gasteiger partial charge < -0.3 is 14.6 Å². The van der Waals surface area contributed by atoms with E-state index in [4.69, 9.17) is 32.7 Å². The van der Waals surface area contributed by atoms with Gasteiger partial charge in [0.15, 0.2) is 5.75 Å². The van der Waals surface area contributed by atoms with Crippen LogP contribution in [0.5, 0.6) is 17.4 Å². The Bertz CT molecular complexity index is 884. The lowest BCUT2D eigenvalue weighted by atomic mass is 10.2. The summed E-state index contributed by atoms with van der Waals surface area (Å²) in [6, 6.07) is 14.7. The fourth-order valence-electron chi connectivity index (χ4n) is 2.24. The molecule has 1 N–H and O–H groups in total. The summed E-state index contributed by atoms with van der Waals surface area (Å²) in [4.78, 5) is 4.21. The van der Waals surface area contributed by atoms with Crippen molar-refractivity contribution < 1.29 is 14.6 Å². The highest BCUT2D eigenvalue weighted by Gasteiger charge is 2.13. The van der Waals surface area contributed by atoms with Crippen molar-refractivity contribution in [2.24, 2.45) is 0 Å². The van der Waals surface area contributed by atoms with E-state index in [-0.39, 0.29) is 12.5 Å². The van der Waals surface area contributed by atoms with E-state index in [1.54, 1.807) is 18.2 Å². The zero-order chi connectivity index (χ0) is 18.5. The number of aliphatic hydroxyl groups excluding tert-OH is 1. The van der Waals surface area contributed by atoms with E-state index < -0.39 is 0 Å². The first-order valence-electron chi connectivity index (χ1n) is 7.65. The van der Waals surface area contributed by atoms with Gasteiger partial charge in [-0.25, -0.2) is 4.98 Å². The van der Waals surface area contributed by atoms with Gasteiger partial charge in [-0.1, -0.05) is 69.5 Å². The van der Waals surface area contributed by atoms with E-state index in [1.807, 2.05) is 30.3 Å². The van der Waals surface area contributed by atoms with E-state index in [0.29, 0.717) is 33.7 Å². The van der Waals surface area contributed by atoms with Crippen LogP contribution in [0.3, 0.4) is 0 Å². The molecule has 0 saturated carbocycles. The molecule has 0 fully saturated rings. The summed E-state index contributed by atoms with van der Waals surface area (Å²) in [6.07, 6.45) is 1.50. The highest BCUT2D eigenvalue weighted by molar-refractivity contribution is 9.10. The van der Waals surface area contributed by atoms with Crippen molar-refractivity contribution in [2.45, 2.75) is 13.2 Å². The third-order valence-electron chi connectivity index (χ3n) is 3.50. The molecule has 0 aliphatic rings. The highest BCUT2D eigenvalue weighted by Crippen LogP contribution is 2.38. The molecule has 0 spiro atoms. The van der Waals surface area contributed by atoms with E-state index in [2.05, 4.69) is 20.9 Å². The predicted molar refractivity (Wildman–Crippen MR) is 105 cm³/mol. The summed E-state index contributed by atoms with van der Waals surface area (Å²) in [5.74, 6) is 1.04. The molecule has 0 atom stereocenters. The minimum absolute atomic E-state index is 0.217. The quantitative estimate of drug-likeness (QED) is 0.495. The number of aliphatic hydroxyl groups is 1. The molecule has 4 nitrogen and oxygen atoms in total. The molecule has 3 aromatic rings. The van der Waals surface area contributed by atoms with Crippen molar-refractivity contribution in [1.82, 2.24) is 4.98 Å². The molecule has 1 heterocycles. The van der Waals surface area contributed by atoms with Crippen molar-refractivity contribution in [1.29, 1.82) is 0 Å². The molecule has 3 rings (SSSR count). The molecular formula is C19H14BrCl2NO3. The fourth-order valence-corrected chi connectivity index (χ4v) is 3.52. The lowest BCUT2D eigenvalue weighted by Gasteiger charge is -2.13. The van der Waals surface area contributed by atoms with Crippen molar-refractivity contribution in [2.75, 3.05) is 0 Å². The number of hydrogen-bond donors (Lipinski definition) is 1. The van der Waals surface area contributed by atoms with Gasteiger partial charge in [0.1, 0.15) is 12.4 Å². The number of benzene rings is 2. The van der Waals surface area contributed by atoms with E-state index in [0.717, 1.165) is 10.0 Å². The van der Waals surface area contributed by atoms with Crippen molar-refractivity contribution >= 4 is 39.1 Å². The van der Waals surface area contributed by atoms with Crippen LogP contribution in [0, 0.1) is 0 Å². The Kier molecular flexibility index (Phi) is 6.38. The molecule has 7 heteroatoms. The van der Waals surface area contributed by atoms with Crippen LogP contribution in [-0.4, -0.2) is 10.1 Å². The molecule has 0 radical (unpaired) electrons. The topological polar surface area (TPSA) is 51.6 Å². The van der Waals surface area contributed by atoms with Crippen LogP contribution in [-0.2, 0) is 13.2 Å². The Hall–Kier alpha value is -1.79. The smallest absolute Gasteiger partial charge is 0.219 e. The van der Waals surface area contributed by atoms with Gasteiger partial charge in [-0.2, -0.15) is 0 Å². The molecule has 0 amide bonds. The molecule has 0 unspecified atom stereocenters. The maximum Gasteiger partial charge on any atom is 0.219 e. The minimum atomic E-state index is -0.217. The SMILES string of the molecule is OCc1cc(Oc2c(Cl)cc(Br)cc2Cl)ncc1OCc1ccccc1. The lowest BCUT2D eigenvalue weighted by molar-refractivity contribution is 0.257. The van der Waals surface area contributed by atoms with Crippen LogP contribution in [0.2, 0.25) is 10.0 Å². The zero-order valence-corrected chi connectivity index (χ0v) is 16.6. The molecular weight excluding hydrogens is 441 g/mol. The van der Waals surface area contributed by atoms with Gasteiger partial charge in [-0.05, 0) is 17.7 Å². The molecule has 2 aromatic carbocycles. The molecule has 0 saturated heterocycles. The Labute approximate surface area is 169 Å². The largest absolute Gasteiger partial charge is 0.487 e. The van der Waals surface area contributed by atoms with Crippen LogP contribution >= 0.6 is 39.1 Å². The first-order valence-corrected chi connectivity index (χ1v) is 9.20. The summed E-state index contributed by atoms with van der Waals surface area (Å²) in [7, 11) is 0. The monoisotopic (exact) mass is 453 g/mol. The zero-order valence-electron chi connectivity index (χ0n) is 13.5. The van der Waals surface area contributed by atoms with Gasteiger partial charge >= 0.3 is 0 Å². The van der Waals surface area contributed by atoms with Crippen LogP contribution in [0.25, 0.3) is 0 Å². The molecule has 1 aromatic heterocycles. The average Bonchev–Trinajstić information content (AvgIpc) is 2.64. The number of pyridine rings is 1. The second kappa shape index (κ2) is 8.73. The molecule has 0 aliphatic carbocycles. The lowest BCUT2D eigenvalue weighted by Crippen LogP contribution is -2.00. The van der Waals surface area contributed by atoms with E-state index in [1.165, 1.54) is 6.20 Å². The number of nitrogens with zero attached hydrogens (tertiary/aromatic N) is 1. The first-order chi connectivity index (χ1) is 12.6. The minimum Gasteiger partial charge on any atom is -0.487 e. The van der Waals surface area contributed by atoms with Gasteiger partial charge in [0, 0.05) is 16.1 Å². The summed E-state index contributed by atoms with van der Waals surface area (Å²) in [5, 5.41) is 10.3. The fraction of sp³-hybridized carbons (Fsp3) is 0.105. The molecule has 0 bridgehead atoms. The summed E-state index contributed by atoms with van der Waals surface area (Å²) >= 11 is 15.6. The number of halogens is 3. The highest BCUT2D eigenvalue weighted by atomic mass is 79.9. The van der Waals surface area contributed by atoms with E-state index in [9.17, 15) is 5.11 Å². The summed E-state index contributed by atoms with van der Waals surface area (Å²) in [6.45, 7) is 0.158. The van der Waals surface area contributed by atoms with Crippen molar-refractivity contribution in [3.05, 3.63) is 80.4 Å². The Morgan fingerprint density at radius 2 is 1.73 bits per heavy atom. The number of hydrogen-bond acceptors (Lipinski definition) is 4. The maximum absolute atomic E-state index is 9.63. The van der Waals surface area contributed by atoms with E-state index >= 15 is 0 Å². The van der Waals surface area contributed by atoms with Crippen LogP contribution in [0.1, 0.15) is 11.1 Å².